The number of methoxy groups -OCH3 is 1. The van der Waals surface area contributed by atoms with Gasteiger partial charge in [-0.2, -0.15) is 0 Å². The Hall–Kier alpha value is -1.72. The second kappa shape index (κ2) is 6.45. The minimum Gasteiger partial charge on any atom is -0.383 e. The van der Waals surface area contributed by atoms with Gasteiger partial charge >= 0.3 is 0 Å². The first-order valence-corrected chi connectivity index (χ1v) is 6.40. The lowest BCUT2D eigenvalue weighted by Crippen LogP contribution is -2.14. The van der Waals surface area contributed by atoms with Crippen molar-refractivity contribution in [3.05, 3.63) is 47.0 Å². The largest absolute Gasteiger partial charge is 0.383 e. The maximum absolute atomic E-state index is 5.69. The Labute approximate surface area is 113 Å². The molecule has 2 N–H and O–H groups in total. The first-order valence-electron chi connectivity index (χ1n) is 6.40. The summed E-state index contributed by atoms with van der Waals surface area (Å²) in [5, 5.41) is 8.40. The third-order valence-electron chi connectivity index (χ3n) is 3.22. The Morgan fingerprint density at radius 2 is 1.95 bits per heavy atom. The SMILES string of the molecule is COCCn1c(CN)nnc1Cc1ccccc1C. The van der Waals surface area contributed by atoms with E-state index in [1.807, 2.05) is 12.1 Å². The van der Waals surface area contributed by atoms with E-state index in [0.29, 0.717) is 13.2 Å². The highest BCUT2D eigenvalue weighted by atomic mass is 16.5. The number of rotatable bonds is 6. The predicted octanol–water partition coefficient (Wildman–Crippen LogP) is 1.28. The zero-order valence-electron chi connectivity index (χ0n) is 11.5. The van der Waals surface area contributed by atoms with Crippen LogP contribution in [0, 0.1) is 6.92 Å². The number of aryl methyl sites for hydroxylation is 1. The molecule has 0 aliphatic carbocycles. The summed E-state index contributed by atoms with van der Waals surface area (Å²) in [7, 11) is 1.69. The number of ether oxygens (including phenoxy) is 1. The molecule has 0 aliphatic rings. The van der Waals surface area contributed by atoms with Crippen LogP contribution in [0.2, 0.25) is 0 Å². The minimum atomic E-state index is 0.393. The summed E-state index contributed by atoms with van der Waals surface area (Å²) in [5.41, 5.74) is 8.22. The highest BCUT2D eigenvalue weighted by Gasteiger charge is 2.11. The number of benzene rings is 1. The molecule has 1 aromatic carbocycles. The van der Waals surface area contributed by atoms with Gasteiger partial charge in [0.25, 0.3) is 0 Å². The van der Waals surface area contributed by atoms with E-state index in [1.54, 1.807) is 7.11 Å². The van der Waals surface area contributed by atoms with Gasteiger partial charge in [0.2, 0.25) is 0 Å². The van der Waals surface area contributed by atoms with Gasteiger partial charge in [-0.1, -0.05) is 24.3 Å². The normalized spacial score (nSPS) is 10.9. The summed E-state index contributed by atoms with van der Waals surface area (Å²) in [6, 6.07) is 8.31. The maximum Gasteiger partial charge on any atom is 0.146 e. The first-order chi connectivity index (χ1) is 9.26. The number of nitrogens with two attached hydrogens (primary N) is 1. The van der Waals surface area contributed by atoms with Crippen molar-refractivity contribution in [2.45, 2.75) is 26.4 Å². The van der Waals surface area contributed by atoms with E-state index in [0.717, 1.165) is 24.6 Å². The molecule has 0 radical (unpaired) electrons. The van der Waals surface area contributed by atoms with Crippen molar-refractivity contribution in [3.63, 3.8) is 0 Å². The highest BCUT2D eigenvalue weighted by molar-refractivity contribution is 5.28. The zero-order valence-corrected chi connectivity index (χ0v) is 11.5. The van der Waals surface area contributed by atoms with Crippen LogP contribution in [0.1, 0.15) is 22.8 Å². The van der Waals surface area contributed by atoms with Gasteiger partial charge in [-0.3, -0.25) is 0 Å². The lowest BCUT2D eigenvalue weighted by Gasteiger charge is -2.10. The second-order valence-electron chi connectivity index (χ2n) is 4.48. The summed E-state index contributed by atoms with van der Waals surface area (Å²) < 4.78 is 7.18. The van der Waals surface area contributed by atoms with E-state index in [2.05, 4.69) is 33.8 Å². The minimum absolute atomic E-state index is 0.393. The molecule has 5 nitrogen and oxygen atoms in total. The van der Waals surface area contributed by atoms with Crippen LogP contribution >= 0.6 is 0 Å². The fraction of sp³-hybridized carbons (Fsp3) is 0.429. The molecule has 0 saturated carbocycles. The molecule has 0 aliphatic heterocycles. The fourth-order valence-electron chi connectivity index (χ4n) is 2.07. The average molecular weight is 260 g/mol. The monoisotopic (exact) mass is 260 g/mol. The van der Waals surface area contributed by atoms with Crippen molar-refractivity contribution >= 4 is 0 Å². The fourth-order valence-corrected chi connectivity index (χ4v) is 2.07. The average Bonchev–Trinajstić information content (AvgIpc) is 2.81. The lowest BCUT2D eigenvalue weighted by atomic mass is 10.1. The Kier molecular flexibility index (Phi) is 4.65. The molecule has 1 aromatic heterocycles. The molecule has 102 valence electrons. The van der Waals surface area contributed by atoms with Crippen molar-refractivity contribution in [3.8, 4) is 0 Å². The summed E-state index contributed by atoms with van der Waals surface area (Å²) in [6.45, 7) is 3.86. The number of nitrogens with zero attached hydrogens (tertiary/aromatic N) is 3. The molecule has 1 heterocycles. The maximum atomic E-state index is 5.69. The van der Waals surface area contributed by atoms with Gasteiger partial charge < -0.3 is 15.0 Å². The van der Waals surface area contributed by atoms with Gasteiger partial charge in [0.1, 0.15) is 11.6 Å². The molecule has 0 atom stereocenters. The molecule has 5 heteroatoms. The third kappa shape index (κ3) is 3.19. The van der Waals surface area contributed by atoms with Gasteiger partial charge in [0.15, 0.2) is 0 Å². The molecule has 19 heavy (non-hydrogen) atoms. The highest BCUT2D eigenvalue weighted by Crippen LogP contribution is 2.13. The van der Waals surface area contributed by atoms with Gasteiger partial charge in [-0.25, -0.2) is 0 Å². The van der Waals surface area contributed by atoms with Crippen molar-refractivity contribution in [2.24, 2.45) is 5.73 Å². The molecule has 0 bridgehead atoms. The molecule has 0 saturated heterocycles. The molecule has 2 aromatic rings. The topological polar surface area (TPSA) is 66.0 Å². The van der Waals surface area contributed by atoms with Gasteiger partial charge in [0, 0.05) is 20.1 Å². The molecular formula is C14H20N4O. The Bertz CT molecular complexity index is 536. The quantitative estimate of drug-likeness (QED) is 0.849. The smallest absolute Gasteiger partial charge is 0.146 e. The van der Waals surface area contributed by atoms with Crippen LogP contribution in [0.3, 0.4) is 0 Å². The number of hydrogen-bond donors (Lipinski definition) is 1. The van der Waals surface area contributed by atoms with Gasteiger partial charge in [-0.15, -0.1) is 10.2 Å². The summed E-state index contributed by atoms with van der Waals surface area (Å²) in [6.07, 6.45) is 0.767. The van der Waals surface area contributed by atoms with E-state index in [1.165, 1.54) is 11.1 Å². The number of aromatic nitrogens is 3. The predicted molar refractivity (Wildman–Crippen MR) is 73.8 cm³/mol. The Morgan fingerprint density at radius 3 is 2.63 bits per heavy atom. The van der Waals surface area contributed by atoms with Crippen LogP contribution in [0.5, 0.6) is 0 Å². The Balaban J connectivity index is 2.24. The third-order valence-corrected chi connectivity index (χ3v) is 3.22. The molecule has 0 unspecified atom stereocenters. The van der Waals surface area contributed by atoms with Crippen molar-refractivity contribution in [1.29, 1.82) is 0 Å². The van der Waals surface area contributed by atoms with Crippen LogP contribution < -0.4 is 5.73 Å². The molecule has 0 amide bonds. The summed E-state index contributed by atoms with van der Waals surface area (Å²) in [5.74, 6) is 1.74. The standard InChI is InChI=1S/C14H20N4O/c1-11-5-3-4-6-12(11)9-13-16-17-14(10-15)18(13)7-8-19-2/h3-6H,7-10,15H2,1-2H3. The van der Waals surface area contributed by atoms with Crippen LogP contribution in [-0.4, -0.2) is 28.5 Å². The van der Waals surface area contributed by atoms with Crippen LogP contribution in [0.15, 0.2) is 24.3 Å². The zero-order chi connectivity index (χ0) is 13.7. The summed E-state index contributed by atoms with van der Waals surface area (Å²) in [4.78, 5) is 0. The van der Waals surface area contributed by atoms with E-state index < -0.39 is 0 Å². The van der Waals surface area contributed by atoms with Crippen LogP contribution in [0.4, 0.5) is 0 Å². The van der Waals surface area contributed by atoms with E-state index >= 15 is 0 Å². The molecule has 0 spiro atoms. The van der Waals surface area contributed by atoms with Gasteiger partial charge in [0.05, 0.1) is 13.2 Å². The molecule has 0 fully saturated rings. The van der Waals surface area contributed by atoms with Gasteiger partial charge in [-0.05, 0) is 18.1 Å². The molecule has 2 rings (SSSR count). The second-order valence-corrected chi connectivity index (χ2v) is 4.48. The lowest BCUT2D eigenvalue weighted by molar-refractivity contribution is 0.185. The van der Waals surface area contributed by atoms with Crippen LogP contribution in [-0.2, 0) is 24.2 Å². The van der Waals surface area contributed by atoms with Crippen LogP contribution in [0.25, 0.3) is 0 Å². The van der Waals surface area contributed by atoms with Crippen molar-refractivity contribution < 1.29 is 4.74 Å². The van der Waals surface area contributed by atoms with E-state index in [-0.39, 0.29) is 0 Å². The Morgan fingerprint density at radius 1 is 1.21 bits per heavy atom. The van der Waals surface area contributed by atoms with Crippen molar-refractivity contribution in [1.82, 2.24) is 14.8 Å². The first kappa shape index (κ1) is 13.7. The number of hydrogen-bond acceptors (Lipinski definition) is 4. The summed E-state index contributed by atoms with van der Waals surface area (Å²) >= 11 is 0. The van der Waals surface area contributed by atoms with Crippen molar-refractivity contribution in [2.75, 3.05) is 13.7 Å². The van der Waals surface area contributed by atoms with E-state index in [4.69, 9.17) is 10.5 Å². The molecular weight excluding hydrogens is 240 g/mol. The van der Waals surface area contributed by atoms with E-state index in [9.17, 15) is 0 Å².